The summed E-state index contributed by atoms with van der Waals surface area (Å²) in [6, 6.07) is 12.1. The van der Waals surface area contributed by atoms with Crippen LogP contribution in [0, 0.1) is 6.92 Å². The Balaban J connectivity index is 2.13. The Labute approximate surface area is 117 Å². The number of rotatable bonds is 4. The second-order valence-corrected chi connectivity index (χ2v) is 5.35. The first-order valence-electron chi connectivity index (χ1n) is 5.72. The molecular formula is C14H15ClN2S. The minimum Gasteiger partial charge on any atom is -0.373 e. The molecule has 0 radical (unpaired) electrons. The number of pyridine rings is 1. The van der Waals surface area contributed by atoms with E-state index in [0.29, 0.717) is 0 Å². The van der Waals surface area contributed by atoms with Gasteiger partial charge in [0.2, 0.25) is 0 Å². The maximum Gasteiger partial charge on any atom is 0.126 e. The van der Waals surface area contributed by atoms with E-state index < -0.39 is 0 Å². The number of benzene rings is 1. The molecule has 2 nitrogen and oxygen atoms in total. The summed E-state index contributed by atoms with van der Waals surface area (Å²) in [6.45, 7) is 2.11. The summed E-state index contributed by atoms with van der Waals surface area (Å²) in [5.41, 5.74) is 2.19. The number of anilines is 1. The Morgan fingerprint density at radius 1 is 1.22 bits per heavy atom. The van der Waals surface area contributed by atoms with Crippen molar-refractivity contribution in [1.82, 2.24) is 4.98 Å². The molecular weight excluding hydrogens is 264 g/mol. The van der Waals surface area contributed by atoms with E-state index in [0.717, 1.165) is 22.3 Å². The summed E-state index contributed by atoms with van der Waals surface area (Å²) < 4.78 is 0. The second-order valence-electron chi connectivity index (χ2n) is 3.93. The Morgan fingerprint density at radius 3 is 2.72 bits per heavy atom. The van der Waals surface area contributed by atoms with E-state index in [9.17, 15) is 0 Å². The van der Waals surface area contributed by atoms with Crippen LogP contribution in [-0.4, -0.2) is 12.0 Å². The number of aryl methyl sites for hydroxylation is 1. The number of halogens is 1. The number of hydrogen-bond acceptors (Lipinski definition) is 3. The van der Waals surface area contributed by atoms with Crippen molar-refractivity contribution in [2.45, 2.75) is 17.6 Å². The van der Waals surface area contributed by atoms with Crippen LogP contribution in [0.3, 0.4) is 0 Å². The van der Waals surface area contributed by atoms with Gasteiger partial charge in [-0.15, -0.1) is 11.8 Å². The lowest BCUT2D eigenvalue weighted by atomic mass is 10.2. The summed E-state index contributed by atoms with van der Waals surface area (Å²) >= 11 is 7.91. The van der Waals surface area contributed by atoms with Gasteiger partial charge >= 0.3 is 0 Å². The molecule has 0 aliphatic heterocycles. The first kappa shape index (κ1) is 13.2. The molecule has 1 heterocycles. The highest BCUT2D eigenvalue weighted by molar-refractivity contribution is 7.98. The third-order valence-corrected chi connectivity index (χ3v) is 4.16. The van der Waals surface area contributed by atoms with E-state index >= 15 is 0 Å². The number of hydrogen-bond donors (Lipinski definition) is 1. The first-order valence-corrected chi connectivity index (χ1v) is 7.08. The highest BCUT2D eigenvalue weighted by Crippen LogP contribution is 2.28. The van der Waals surface area contributed by atoms with Gasteiger partial charge in [-0.2, -0.15) is 0 Å². The minimum absolute atomic E-state index is 0.718. The first-order chi connectivity index (χ1) is 8.70. The fourth-order valence-corrected chi connectivity index (χ4v) is 2.82. The molecule has 1 aromatic carbocycles. The van der Waals surface area contributed by atoms with Crippen LogP contribution >= 0.6 is 23.4 Å². The molecule has 94 valence electrons. The van der Waals surface area contributed by atoms with Gasteiger partial charge in [0, 0.05) is 17.7 Å². The van der Waals surface area contributed by atoms with Crippen molar-refractivity contribution in [2.75, 3.05) is 12.4 Å². The quantitative estimate of drug-likeness (QED) is 0.840. The fourth-order valence-electron chi connectivity index (χ4n) is 1.59. The van der Waals surface area contributed by atoms with Crippen molar-refractivity contribution < 1.29 is 0 Å². The van der Waals surface area contributed by atoms with Crippen molar-refractivity contribution in [3.63, 3.8) is 0 Å². The number of aromatic nitrogens is 1. The van der Waals surface area contributed by atoms with Gasteiger partial charge in [-0.05, 0) is 30.7 Å². The fraction of sp³-hybridized carbons (Fsp3) is 0.214. The Hall–Kier alpha value is -1.19. The molecule has 0 atom stereocenters. The zero-order valence-electron chi connectivity index (χ0n) is 10.4. The molecule has 0 amide bonds. The molecule has 2 rings (SSSR count). The van der Waals surface area contributed by atoms with Gasteiger partial charge in [0.1, 0.15) is 5.82 Å². The zero-order chi connectivity index (χ0) is 13.0. The molecule has 2 aromatic rings. The predicted octanol–water partition coefficient (Wildman–Crippen LogP) is 4.38. The van der Waals surface area contributed by atoms with Crippen LogP contribution in [0.5, 0.6) is 0 Å². The average molecular weight is 279 g/mol. The molecule has 0 unspecified atom stereocenters. The number of nitrogens with one attached hydrogen (secondary N) is 1. The SMILES string of the molecule is CNc1ccc(Cl)c(CSc2ccccc2C)n1. The van der Waals surface area contributed by atoms with E-state index in [1.54, 1.807) is 11.8 Å². The zero-order valence-corrected chi connectivity index (χ0v) is 12.0. The molecule has 1 aromatic heterocycles. The molecule has 0 aliphatic carbocycles. The summed E-state index contributed by atoms with van der Waals surface area (Å²) in [6.07, 6.45) is 0. The van der Waals surface area contributed by atoms with Gasteiger partial charge in [-0.25, -0.2) is 4.98 Å². The van der Waals surface area contributed by atoms with E-state index in [1.165, 1.54) is 10.5 Å². The van der Waals surface area contributed by atoms with Crippen LogP contribution in [-0.2, 0) is 5.75 Å². The van der Waals surface area contributed by atoms with Gasteiger partial charge in [0.25, 0.3) is 0 Å². The lowest BCUT2D eigenvalue weighted by Gasteiger charge is -2.08. The third kappa shape index (κ3) is 3.18. The van der Waals surface area contributed by atoms with Crippen LogP contribution in [0.25, 0.3) is 0 Å². The largest absolute Gasteiger partial charge is 0.373 e. The van der Waals surface area contributed by atoms with Crippen molar-refractivity contribution in [3.05, 3.63) is 52.7 Å². The molecule has 18 heavy (non-hydrogen) atoms. The molecule has 1 N–H and O–H groups in total. The molecule has 0 spiro atoms. The summed E-state index contributed by atoms with van der Waals surface area (Å²) in [5, 5.41) is 3.74. The predicted molar refractivity (Wildman–Crippen MR) is 79.5 cm³/mol. The van der Waals surface area contributed by atoms with Crippen LogP contribution in [0.4, 0.5) is 5.82 Å². The normalized spacial score (nSPS) is 10.4. The maximum atomic E-state index is 6.16. The van der Waals surface area contributed by atoms with Gasteiger partial charge in [0.15, 0.2) is 0 Å². The topological polar surface area (TPSA) is 24.9 Å². The van der Waals surface area contributed by atoms with E-state index in [-0.39, 0.29) is 0 Å². The lowest BCUT2D eigenvalue weighted by molar-refractivity contribution is 1.16. The highest BCUT2D eigenvalue weighted by Gasteiger charge is 2.05. The van der Waals surface area contributed by atoms with Crippen LogP contribution in [0.1, 0.15) is 11.3 Å². The van der Waals surface area contributed by atoms with Crippen molar-refractivity contribution >= 4 is 29.2 Å². The van der Waals surface area contributed by atoms with Crippen LogP contribution in [0.2, 0.25) is 5.02 Å². The minimum atomic E-state index is 0.718. The number of nitrogens with zero attached hydrogens (tertiary/aromatic N) is 1. The standard InChI is InChI=1S/C14H15ClN2S/c1-10-5-3-4-6-13(10)18-9-12-11(15)7-8-14(16-2)17-12/h3-8H,9H2,1-2H3,(H,16,17). The molecule has 4 heteroatoms. The molecule has 0 saturated carbocycles. The third-order valence-electron chi connectivity index (χ3n) is 2.63. The Morgan fingerprint density at radius 2 is 2.00 bits per heavy atom. The van der Waals surface area contributed by atoms with Gasteiger partial charge < -0.3 is 5.32 Å². The molecule has 0 fully saturated rings. The summed E-state index contributed by atoms with van der Waals surface area (Å²) in [5.74, 6) is 1.62. The van der Waals surface area contributed by atoms with E-state index in [1.807, 2.05) is 31.3 Å². The number of thioether (sulfide) groups is 1. The van der Waals surface area contributed by atoms with Crippen LogP contribution in [0.15, 0.2) is 41.3 Å². The van der Waals surface area contributed by atoms with Crippen molar-refractivity contribution in [2.24, 2.45) is 0 Å². The maximum absolute atomic E-state index is 6.16. The monoisotopic (exact) mass is 278 g/mol. The Bertz CT molecular complexity index is 543. The lowest BCUT2D eigenvalue weighted by Crippen LogP contribution is -1.96. The van der Waals surface area contributed by atoms with Gasteiger partial charge in [0.05, 0.1) is 10.7 Å². The van der Waals surface area contributed by atoms with Crippen molar-refractivity contribution in [1.29, 1.82) is 0 Å². The smallest absolute Gasteiger partial charge is 0.126 e. The van der Waals surface area contributed by atoms with Crippen LogP contribution < -0.4 is 5.32 Å². The second kappa shape index (κ2) is 6.12. The Kier molecular flexibility index (Phi) is 4.50. The van der Waals surface area contributed by atoms with E-state index in [2.05, 4.69) is 29.4 Å². The average Bonchev–Trinajstić information content (AvgIpc) is 2.39. The van der Waals surface area contributed by atoms with Gasteiger partial charge in [-0.1, -0.05) is 29.8 Å². The summed E-state index contributed by atoms with van der Waals surface area (Å²) in [4.78, 5) is 5.74. The van der Waals surface area contributed by atoms with Crippen molar-refractivity contribution in [3.8, 4) is 0 Å². The van der Waals surface area contributed by atoms with Gasteiger partial charge in [-0.3, -0.25) is 0 Å². The molecule has 0 saturated heterocycles. The molecule has 0 bridgehead atoms. The van der Waals surface area contributed by atoms with E-state index in [4.69, 9.17) is 11.6 Å². The molecule has 0 aliphatic rings. The summed E-state index contributed by atoms with van der Waals surface area (Å²) in [7, 11) is 1.86. The highest BCUT2D eigenvalue weighted by atomic mass is 35.5.